The monoisotopic (exact) mass is 225 g/mol. The summed E-state index contributed by atoms with van der Waals surface area (Å²) in [6.45, 7) is 0.0172. The highest BCUT2D eigenvalue weighted by molar-refractivity contribution is 7.16. The summed E-state index contributed by atoms with van der Waals surface area (Å²) in [5.41, 5.74) is 0. The predicted molar refractivity (Wildman–Crippen MR) is 59.0 cm³/mol. The van der Waals surface area contributed by atoms with E-state index in [0.717, 1.165) is 10.2 Å². The molecule has 0 aliphatic carbocycles. The molecule has 1 atom stereocenters. The van der Waals surface area contributed by atoms with Gasteiger partial charge >= 0.3 is 0 Å². The minimum atomic E-state index is -0.770. The number of nitrogens with one attached hydrogen (secondary N) is 1. The van der Waals surface area contributed by atoms with Gasteiger partial charge in [-0.3, -0.25) is 0 Å². The van der Waals surface area contributed by atoms with E-state index in [1.807, 2.05) is 11.4 Å². The van der Waals surface area contributed by atoms with Crippen LogP contribution in [-0.2, 0) is 0 Å². The second-order valence-electron chi connectivity index (χ2n) is 3.08. The van der Waals surface area contributed by atoms with Crippen LogP contribution in [0.15, 0.2) is 17.8 Å². The Bertz CT molecular complexity index is 446. The fourth-order valence-corrected chi connectivity index (χ4v) is 1.94. The third-order valence-corrected chi connectivity index (χ3v) is 2.80. The number of aliphatic hydroxyl groups is 2. The van der Waals surface area contributed by atoms with E-state index in [-0.39, 0.29) is 13.2 Å². The van der Waals surface area contributed by atoms with Gasteiger partial charge in [0.1, 0.15) is 17.0 Å². The molecule has 0 spiro atoms. The molecule has 2 rings (SSSR count). The number of nitrogens with zero attached hydrogens (tertiary/aromatic N) is 2. The Kier molecular flexibility index (Phi) is 3.10. The Morgan fingerprint density at radius 2 is 2.33 bits per heavy atom. The molecule has 15 heavy (non-hydrogen) atoms. The standard InChI is InChI=1S/C9H11N3O2S/c13-4-6(14)3-10-8-7-1-2-15-9(7)12-5-11-8/h1-2,5-6,13-14H,3-4H2,(H,10,11,12). The van der Waals surface area contributed by atoms with Crippen LogP contribution in [-0.4, -0.2) is 39.4 Å². The molecule has 0 bridgehead atoms. The first-order chi connectivity index (χ1) is 7.31. The van der Waals surface area contributed by atoms with Crippen LogP contribution in [0.2, 0.25) is 0 Å². The van der Waals surface area contributed by atoms with E-state index < -0.39 is 6.10 Å². The van der Waals surface area contributed by atoms with Gasteiger partial charge in [0.25, 0.3) is 0 Å². The van der Waals surface area contributed by atoms with Crippen molar-refractivity contribution in [1.29, 1.82) is 0 Å². The van der Waals surface area contributed by atoms with Crippen LogP contribution in [0.4, 0.5) is 5.82 Å². The van der Waals surface area contributed by atoms with Gasteiger partial charge in [-0.15, -0.1) is 11.3 Å². The highest BCUT2D eigenvalue weighted by Gasteiger charge is 2.06. The summed E-state index contributed by atoms with van der Waals surface area (Å²) in [7, 11) is 0. The highest BCUT2D eigenvalue weighted by Crippen LogP contribution is 2.23. The lowest BCUT2D eigenvalue weighted by Gasteiger charge is -2.09. The van der Waals surface area contributed by atoms with E-state index >= 15 is 0 Å². The normalized spacial score (nSPS) is 12.9. The topological polar surface area (TPSA) is 78.3 Å². The summed E-state index contributed by atoms with van der Waals surface area (Å²) in [5, 5.41) is 23.7. The van der Waals surface area contributed by atoms with Crippen molar-refractivity contribution in [1.82, 2.24) is 9.97 Å². The number of anilines is 1. The molecule has 0 radical (unpaired) electrons. The van der Waals surface area contributed by atoms with Crippen LogP contribution in [0, 0.1) is 0 Å². The molecule has 2 aromatic rings. The van der Waals surface area contributed by atoms with Crippen LogP contribution < -0.4 is 5.32 Å². The van der Waals surface area contributed by atoms with E-state index in [0.29, 0.717) is 5.82 Å². The number of aliphatic hydroxyl groups excluding tert-OH is 2. The van der Waals surface area contributed by atoms with Crippen LogP contribution >= 0.6 is 11.3 Å². The van der Waals surface area contributed by atoms with Crippen LogP contribution in [0.1, 0.15) is 0 Å². The Balaban J connectivity index is 2.17. The Labute approximate surface area is 90.4 Å². The predicted octanol–water partition coefficient (Wildman–Crippen LogP) is 0.456. The zero-order chi connectivity index (χ0) is 10.7. The van der Waals surface area contributed by atoms with Crippen molar-refractivity contribution in [2.24, 2.45) is 0 Å². The molecule has 1 unspecified atom stereocenters. The van der Waals surface area contributed by atoms with Crippen molar-refractivity contribution in [2.45, 2.75) is 6.10 Å². The molecule has 0 amide bonds. The van der Waals surface area contributed by atoms with E-state index in [4.69, 9.17) is 5.11 Å². The maximum Gasteiger partial charge on any atom is 0.138 e. The molecule has 0 aliphatic rings. The number of rotatable bonds is 4. The maximum atomic E-state index is 9.19. The average molecular weight is 225 g/mol. The third kappa shape index (κ3) is 2.23. The molecule has 6 heteroatoms. The van der Waals surface area contributed by atoms with Gasteiger partial charge in [0.2, 0.25) is 0 Å². The van der Waals surface area contributed by atoms with Crippen molar-refractivity contribution in [3.8, 4) is 0 Å². The first-order valence-electron chi connectivity index (χ1n) is 4.52. The van der Waals surface area contributed by atoms with Crippen LogP contribution in [0.3, 0.4) is 0 Å². The van der Waals surface area contributed by atoms with Crippen LogP contribution in [0.25, 0.3) is 10.2 Å². The zero-order valence-corrected chi connectivity index (χ0v) is 8.74. The fraction of sp³-hybridized carbons (Fsp3) is 0.333. The zero-order valence-electron chi connectivity index (χ0n) is 7.92. The second kappa shape index (κ2) is 4.52. The van der Waals surface area contributed by atoms with Crippen molar-refractivity contribution in [3.63, 3.8) is 0 Å². The van der Waals surface area contributed by atoms with E-state index in [2.05, 4.69) is 15.3 Å². The minimum Gasteiger partial charge on any atom is -0.394 e. The highest BCUT2D eigenvalue weighted by atomic mass is 32.1. The molecular weight excluding hydrogens is 214 g/mol. The molecule has 2 heterocycles. The van der Waals surface area contributed by atoms with Crippen LogP contribution in [0.5, 0.6) is 0 Å². The first kappa shape index (κ1) is 10.3. The van der Waals surface area contributed by atoms with Crippen molar-refractivity contribution < 1.29 is 10.2 Å². The summed E-state index contributed by atoms with van der Waals surface area (Å²) >= 11 is 1.54. The third-order valence-electron chi connectivity index (χ3n) is 1.98. The SMILES string of the molecule is OCC(O)CNc1ncnc2sccc12. The van der Waals surface area contributed by atoms with Gasteiger partial charge in [-0.25, -0.2) is 9.97 Å². The van der Waals surface area contributed by atoms with Gasteiger partial charge in [0, 0.05) is 6.54 Å². The lowest BCUT2D eigenvalue weighted by atomic mass is 10.3. The van der Waals surface area contributed by atoms with Gasteiger partial charge in [-0.05, 0) is 11.4 Å². The quantitative estimate of drug-likeness (QED) is 0.704. The lowest BCUT2D eigenvalue weighted by Crippen LogP contribution is -2.23. The first-order valence-corrected chi connectivity index (χ1v) is 5.40. The summed E-state index contributed by atoms with van der Waals surface area (Å²) < 4.78 is 0. The van der Waals surface area contributed by atoms with E-state index in [1.54, 1.807) is 0 Å². The molecule has 80 valence electrons. The molecule has 0 saturated heterocycles. The van der Waals surface area contributed by atoms with Gasteiger partial charge in [-0.2, -0.15) is 0 Å². The molecule has 0 saturated carbocycles. The van der Waals surface area contributed by atoms with Crippen molar-refractivity contribution >= 4 is 27.4 Å². The smallest absolute Gasteiger partial charge is 0.138 e. The molecule has 0 aromatic carbocycles. The Morgan fingerprint density at radius 3 is 3.13 bits per heavy atom. The number of hydrogen-bond acceptors (Lipinski definition) is 6. The molecular formula is C9H11N3O2S. The molecule has 3 N–H and O–H groups in total. The van der Waals surface area contributed by atoms with E-state index in [9.17, 15) is 5.11 Å². The molecule has 2 aromatic heterocycles. The summed E-state index contributed by atoms with van der Waals surface area (Å²) in [6, 6.07) is 1.92. The maximum absolute atomic E-state index is 9.19. The van der Waals surface area contributed by atoms with Crippen molar-refractivity contribution in [3.05, 3.63) is 17.8 Å². The average Bonchev–Trinajstić information content (AvgIpc) is 2.74. The summed E-state index contributed by atoms with van der Waals surface area (Å²) in [5.74, 6) is 0.689. The largest absolute Gasteiger partial charge is 0.394 e. The lowest BCUT2D eigenvalue weighted by molar-refractivity contribution is 0.105. The van der Waals surface area contributed by atoms with E-state index in [1.165, 1.54) is 17.7 Å². The minimum absolute atomic E-state index is 0.259. The number of thiophene rings is 1. The molecule has 0 fully saturated rings. The molecule has 5 nitrogen and oxygen atoms in total. The van der Waals surface area contributed by atoms with Crippen molar-refractivity contribution in [2.75, 3.05) is 18.5 Å². The Morgan fingerprint density at radius 1 is 1.47 bits per heavy atom. The number of hydrogen-bond donors (Lipinski definition) is 3. The van der Waals surface area contributed by atoms with Gasteiger partial charge in [0.15, 0.2) is 0 Å². The Hall–Kier alpha value is -1.24. The summed E-state index contributed by atoms with van der Waals surface area (Å²) in [4.78, 5) is 9.09. The van der Waals surface area contributed by atoms with Gasteiger partial charge < -0.3 is 15.5 Å². The second-order valence-corrected chi connectivity index (χ2v) is 3.97. The number of fused-ring (bicyclic) bond motifs is 1. The summed E-state index contributed by atoms with van der Waals surface area (Å²) in [6.07, 6.45) is 0.709. The fourth-order valence-electron chi connectivity index (χ4n) is 1.21. The van der Waals surface area contributed by atoms with Gasteiger partial charge in [-0.1, -0.05) is 0 Å². The number of aromatic nitrogens is 2. The molecule has 0 aliphatic heterocycles. The van der Waals surface area contributed by atoms with Gasteiger partial charge in [0.05, 0.1) is 18.1 Å².